The van der Waals surface area contributed by atoms with Crippen molar-refractivity contribution >= 4 is 11.8 Å². The van der Waals surface area contributed by atoms with Crippen molar-refractivity contribution in [2.75, 3.05) is 14.2 Å². The lowest BCUT2D eigenvalue weighted by molar-refractivity contribution is -0.140. The van der Waals surface area contributed by atoms with Crippen LogP contribution in [-0.2, 0) is 9.53 Å². The largest absolute Gasteiger partial charge is 0.496 e. The Morgan fingerprint density at radius 3 is 2.33 bits per heavy atom. The zero-order valence-corrected chi connectivity index (χ0v) is 13.8. The summed E-state index contributed by atoms with van der Waals surface area (Å²) in [5, 5.41) is 0. The molecule has 2 aromatic rings. The number of carbonyl (C=O) groups is 2. The van der Waals surface area contributed by atoms with Gasteiger partial charge in [-0.1, -0.05) is 18.2 Å². The number of carbonyl (C=O) groups excluding carboxylic acids is 2. The van der Waals surface area contributed by atoms with Crippen LogP contribution in [0.2, 0.25) is 0 Å². The molecule has 0 spiro atoms. The molecular formula is C19H20O5. The summed E-state index contributed by atoms with van der Waals surface area (Å²) < 4.78 is 15.6. The lowest BCUT2D eigenvalue weighted by atomic mass is 10.0. The van der Waals surface area contributed by atoms with Crippen LogP contribution in [0, 0.1) is 0 Å². The van der Waals surface area contributed by atoms with E-state index in [1.165, 1.54) is 14.2 Å². The van der Waals surface area contributed by atoms with Gasteiger partial charge in [0.05, 0.1) is 19.8 Å². The molecule has 24 heavy (non-hydrogen) atoms. The molecule has 0 fully saturated rings. The number of hydrogen-bond donors (Lipinski definition) is 0. The van der Waals surface area contributed by atoms with E-state index in [2.05, 4.69) is 4.74 Å². The van der Waals surface area contributed by atoms with E-state index < -0.39 is 0 Å². The van der Waals surface area contributed by atoms with Gasteiger partial charge in [0.25, 0.3) is 0 Å². The third kappa shape index (κ3) is 4.84. The van der Waals surface area contributed by atoms with E-state index in [0.29, 0.717) is 29.2 Å². The van der Waals surface area contributed by atoms with Gasteiger partial charge >= 0.3 is 5.97 Å². The summed E-state index contributed by atoms with van der Waals surface area (Å²) >= 11 is 0. The monoisotopic (exact) mass is 328 g/mol. The number of ketones is 1. The van der Waals surface area contributed by atoms with E-state index in [0.717, 1.165) is 0 Å². The number of para-hydroxylation sites is 1. The molecule has 0 radical (unpaired) electrons. The van der Waals surface area contributed by atoms with Crippen molar-refractivity contribution in [3.8, 4) is 17.2 Å². The Hall–Kier alpha value is -2.82. The molecule has 0 aromatic heterocycles. The van der Waals surface area contributed by atoms with E-state index in [1.807, 2.05) is 30.3 Å². The zero-order valence-electron chi connectivity index (χ0n) is 13.8. The minimum absolute atomic E-state index is 0.103. The van der Waals surface area contributed by atoms with Crippen molar-refractivity contribution in [3.05, 3.63) is 54.1 Å². The van der Waals surface area contributed by atoms with Gasteiger partial charge in [0.2, 0.25) is 0 Å². The Morgan fingerprint density at radius 1 is 0.917 bits per heavy atom. The quantitative estimate of drug-likeness (QED) is 0.541. The average molecular weight is 328 g/mol. The van der Waals surface area contributed by atoms with Crippen molar-refractivity contribution in [3.63, 3.8) is 0 Å². The maximum Gasteiger partial charge on any atom is 0.305 e. The number of hydrogen-bond acceptors (Lipinski definition) is 5. The third-order valence-electron chi connectivity index (χ3n) is 3.46. The molecule has 0 aliphatic carbocycles. The van der Waals surface area contributed by atoms with Crippen LogP contribution in [-0.4, -0.2) is 26.0 Å². The molecule has 2 aromatic carbocycles. The van der Waals surface area contributed by atoms with E-state index >= 15 is 0 Å². The summed E-state index contributed by atoms with van der Waals surface area (Å²) in [7, 11) is 2.84. The number of ether oxygens (including phenoxy) is 3. The summed E-state index contributed by atoms with van der Waals surface area (Å²) in [5.74, 6) is 1.30. The smallest absolute Gasteiger partial charge is 0.305 e. The van der Waals surface area contributed by atoms with Crippen LogP contribution in [0.5, 0.6) is 17.2 Å². The molecule has 5 nitrogen and oxygen atoms in total. The first kappa shape index (κ1) is 17.5. The molecule has 0 saturated carbocycles. The third-order valence-corrected chi connectivity index (χ3v) is 3.46. The fourth-order valence-corrected chi connectivity index (χ4v) is 2.22. The molecule has 0 heterocycles. The van der Waals surface area contributed by atoms with Crippen LogP contribution in [0.4, 0.5) is 0 Å². The molecule has 0 N–H and O–H groups in total. The van der Waals surface area contributed by atoms with Crippen LogP contribution in [0.15, 0.2) is 48.5 Å². The Bertz CT molecular complexity index is 694. The fourth-order valence-electron chi connectivity index (χ4n) is 2.22. The second kappa shape index (κ2) is 8.72. The molecular weight excluding hydrogens is 308 g/mol. The van der Waals surface area contributed by atoms with Gasteiger partial charge in [0.15, 0.2) is 5.78 Å². The van der Waals surface area contributed by atoms with Crippen molar-refractivity contribution in [2.24, 2.45) is 0 Å². The molecule has 0 atom stereocenters. The minimum atomic E-state index is -0.323. The van der Waals surface area contributed by atoms with Crippen LogP contribution in [0.3, 0.4) is 0 Å². The zero-order chi connectivity index (χ0) is 17.4. The Kier molecular flexibility index (Phi) is 6.37. The number of rotatable bonds is 8. The average Bonchev–Trinajstić information content (AvgIpc) is 2.62. The van der Waals surface area contributed by atoms with Gasteiger partial charge in [-0.05, 0) is 36.8 Å². The SMILES string of the molecule is COC(=O)CCCC(=O)c1cc(Oc2ccccc2)ccc1OC. The molecule has 0 bridgehead atoms. The van der Waals surface area contributed by atoms with Crippen LogP contribution in [0.25, 0.3) is 0 Å². The standard InChI is InChI=1S/C19H20O5/c1-22-18-12-11-15(24-14-7-4-3-5-8-14)13-16(18)17(20)9-6-10-19(21)23-2/h3-5,7-8,11-13H,6,9-10H2,1-2H3. The highest BCUT2D eigenvalue weighted by atomic mass is 16.5. The van der Waals surface area contributed by atoms with Crippen molar-refractivity contribution in [1.29, 1.82) is 0 Å². The second-order valence-corrected chi connectivity index (χ2v) is 5.13. The number of Topliss-reactive ketones (excluding diaryl/α,β-unsaturated/α-hetero) is 1. The Balaban J connectivity index is 2.10. The normalized spacial score (nSPS) is 10.1. The number of methoxy groups -OCH3 is 2. The molecule has 0 aliphatic heterocycles. The highest BCUT2D eigenvalue weighted by Crippen LogP contribution is 2.28. The van der Waals surface area contributed by atoms with Crippen LogP contribution < -0.4 is 9.47 Å². The second-order valence-electron chi connectivity index (χ2n) is 5.13. The molecule has 0 saturated heterocycles. The van der Waals surface area contributed by atoms with Crippen molar-refractivity contribution in [2.45, 2.75) is 19.3 Å². The summed E-state index contributed by atoms with van der Waals surface area (Å²) in [4.78, 5) is 23.5. The van der Waals surface area contributed by atoms with Gasteiger partial charge < -0.3 is 14.2 Å². The highest BCUT2D eigenvalue weighted by molar-refractivity contribution is 5.99. The molecule has 2 rings (SSSR count). The van der Waals surface area contributed by atoms with Crippen molar-refractivity contribution < 1.29 is 23.8 Å². The Morgan fingerprint density at radius 2 is 1.67 bits per heavy atom. The van der Waals surface area contributed by atoms with Crippen LogP contribution >= 0.6 is 0 Å². The number of esters is 1. The van der Waals surface area contributed by atoms with Gasteiger partial charge in [-0.3, -0.25) is 9.59 Å². The molecule has 5 heteroatoms. The van der Waals surface area contributed by atoms with E-state index in [1.54, 1.807) is 18.2 Å². The first-order valence-electron chi connectivity index (χ1n) is 7.65. The lowest BCUT2D eigenvalue weighted by Gasteiger charge is -2.11. The van der Waals surface area contributed by atoms with Gasteiger partial charge in [-0.15, -0.1) is 0 Å². The summed E-state index contributed by atoms with van der Waals surface area (Å²) in [6.07, 6.45) is 0.878. The first-order valence-corrected chi connectivity index (χ1v) is 7.65. The molecule has 0 aliphatic rings. The van der Waals surface area contributed by atoms with Crippen molar-refractivity contribution in [1.82, 2.24) is 0 Å². The highest BCUT2D eigenvalue weighted by Gasteiger charge is 2.14. The molecule has 126 valence electrons. The predicted octanol–water partition coefficient (Wildman–Crippen LogP) is 4.01. The van der Waals surface area contributed by atoms with Gasteiger partial charge in [-0.2, -0.15) is 0 Å². The summed E-state index contributed by atoms with van der Waals surface area (Å²) in [5.41, 5.74) is 0.441. The van der Waals surface area contributed by atoms with E-state index in [-0.39, 0.29) is 24.6 Å². The predicted molar refractivity (Wildman–Crippen MR) is 89.7 cm³/mol. The van der Waals surface area contributed by atoms with Gasteiger partial charge in [0, 0.05) is 12.8 Å². The summed E-state index contributed by atoms with van der Waals surface area (Å²) in [6.45, 7) is 0. The van der Waals surface area contributed by atoms with E-state index in [4.69, 9.17) is 9.47 Å². The van der Waals surface area contributed by atoms with Gasteiger partial charge in [0.1, 0.15) is 17.2 Å². The van der Waals surface area contributed by atoms with E-state index in [9.17, 15) is 9.59 Å². The molecule has 0 amide bonds. The van der Waals surface area contributed by atoms with Crippen LogP contribution in [0.1, 0.15) is 29.6 Å². The molecule has 0 unspecified atom stereocenters. The Labute approximate surface area is 141 Å². The maximum atomic E-state index is 12.4. The summed E-state index contributed by atoms with van der Waals surface area (Å²) in [6, 6.07) is 14.4. The topological polar surface area (TPSA) is 61.8 Å². The lowest BCUT2D eigenvalue weighted by Crippen LogP contribution is -2.05. The maximum absolute atomic E-state index is 12.4. The minimum Gasteiger partial charge on any atom is -0.496 e. The fraction of sp³-hybridized carbons (Fsp3) is 0.263. The van der Waals surface area contributed by atoms with Gasteiger partial charge in [-0.25, -0.2) is 0 Å². The number of benzene rings is 2. The first-order chi connectivity index (χ1) is 11.6.